The summed E-state index contributed by atoms with van der Waals surface area (Å²) in [6.07, 6.45) is 0. The number of rotatable bonds is 2. The van der Waals surface area contributed by atoms with Crippen LogP contribution in [-0.2, 0) is 0 Å². The SMILES string of the molecule is NNN(NN)C(=S)SC(N)=S. The Labute approximate surface area is 78.7 Å². The molecule has 64 valence electrons. The normalized spacial score (nSPS) is 9.27. The van der Waals surface area contributed by atoms with Crippen LogP contribution in [0.1, 0.15) is 0 Å². The summed E-state index contributed by atoms with van der Waals surface area (Å²) in [5, 5.41) is 1.10. The molecule has 0 spiro atoms. The van der Waals surface area contributed by atoms with Gasteiger partial charge in [-0.25, -0.2) is 0 Å². The fourth-order valence-electron chi connectivity index (χ4n) is 0.274. The number of thioether (sulfide) groups is 1. The van der Waals surface area contributed by atoms with Crippen LogP contribution in [0.5, 0.6) is 0 Å². The molecule has 0 radical (unpaired) electrons. The van der Waals surface area contributed by atoms with E-state index >= 15 is 0 Å². The standard InChI is InChI=1S/C2H8N6S3/c3-1(9)11-2(10)8(6-4)7-5/h6-7H,4-5H2,(H2,3,9). The Balaban J connectivity index is 3.89. The third-order valence-corrected chi connectivity index (χ3v) is 1.87. The molecule has 0 saturated carbocycles. The van der Waals surface area contributed by atoms with E-state index in [1.165, 1.54) is 0 Å². The van der Waals surface area contributed by atoms with Crippen LogP contribution in [0.2, 0.25) is 0 Å². The van der Waals surface area contributed by atoms with Gasteiger partial charge in [-0.1, -0.05) is 12.2 Å². The molecule has 0 aromatic heterocycles. The lowest BCUT2D eigenvalue weighted by Gasteiger charge is -2.19. The molecule has 0 unspecified atom stereocenters. The third-order valence-electron chi connectivity index (χ3n) is 0.629. The highest BCUT2D eigenvalue weighted by Gasteiger charge is 2.07. The van der Waals surface area contributed by atoms with Gasteiger partial charge in [0, 0.05) is 0 Å². The minimum atomic E-state index is 0.200. The fraction of sp³-hybridized carbons (Fsp3) is 0. The van der Waals surface area contributed by atoms with Gasteiger partial charge in [-0.15, -0.1) is 0 Å². The maximum Gasteiger partial charge on any atom is 0.176 e. The van der Waals surface area contributed by atoms with Gasteiger partial charge in [0.25, 0.3) is 0 Å². The Kier molecular flexibility index (Phi) is 5.58. The summed E-state index contributed by atoms with van der Waals surface area (Å²) in [5.41, 5.74) is 9.54. The number of hydrogen-bond acceptors (Lipinski definition) is 7. The Morgan fingerprint density at radius 2 is 1.73 bits per heavy atom. The number of thiocarbonyl (C=S) groups is 2. The van der Waals surface area contributed by atoms with Crippen LogP contribution in [0.4, 0.5) is 0 Å². The summed E-state index contributed by atoms with van der Waals surface area (Å²) in [5.74, 6) is 10.0. The first-order chi connectivity index (χ1) is 5.11. The lowest BCUT2D eigenvalue weighted by atomic mass is 11.4. The highest BCUT2D eigenvalue weighted by atomic mass is 32.2. The number of nitrogens with one attached hydrogen (secondary N) is 2. The minimum absolute atomic E-state index is 0.200. The van der Waals surface area contributed by atoms with Crippen molar-refractivity contribution in [3.05, 3.63) is 0 Å². The van der Waals surface area contributed by atoms with Crippen molar-refractivity contribution >= 4 is 44.8 Å². The van der Waals surface area contributed by atoms with Crippen molar-refractivity contribution in [2.24, 2.45) is 17.4 Å². The Morgan fingerprint density at radius 3 is 2.00 bits per heavy atom. The number of nitrogens with zero attached hydrogens (tertiary/aromatic N) is 1. The molecule has 0 aliphatic rings. The van der Waals surface area contributed by atoms with Crippen LogP contribution in [0, 0.1) is 0 Å². The summed E-state index contributed by atoms with van der Waals surface area (Å²) in [6, 6.07) is 0. The second kappa shape index (κ2) is 5.60. The van der Waals surface area contributed by atoms with Crippen LogP contribution in [-0.4, -0.2) is 13.8 Å². The first-order valence-corrected chi connectivity index (χ1v) is 3.99. The zero-order valence-electron chi connectivity index (χ0n) is 5.40. The maximum absolute atomic E-state index is 5.18. The summed E-state index contributed by atoms with van der Waals surface area (Å²) >= 11 is 10.4. The molecule has 0 aliphatic heterocycles. The van der Waals surface area contributed by atoms with Gasteiger partial charge in [-0.05, 0) is 24.0 Å². The van der Waals surface area contributed by atoms with Crippen LogP contribution in [0.3, 0.4) is 0 Å². The van der Waals surface area contributed by atoms with Crippen LogP contribution >= 0.6 is 36.2 Å². The van der Waals surface area contributed by atoms with Crippen molar-refractivity contribution in [3.8, 4) is 0 Å². The number of nitrogens with two attached hydrogens (primary N) is 3. The van der Waals surface area contributed by atoms with Crippen LogP contribution < -0.4 is 28.5 Å². The van der Waals surface area contributed by atoms with Gasteiger partial charge in [-0.3, -0.25) is 11.7 Å². The molecule has 11 heavy (non-hydrogen) atoms. The van der Waals surface area contributed by atoms with Gasteiger partial charge in [0.2, 0.25) is 0 Å². The fourth-order valence-corrected chi connectivity index (χ4v) is 1.41. The van der Waals surface area contributed by atoms with Crippen LogP contribution in [0.25, 0.3) is 0 Å². The molecular weight excluding hydrogens is 204 g/mol. The van der Waals surface area contributed by atoms with Gasteiger partial charge in [-0.2, -0.15) is 16.2 Å². The van der Waals surface area contributed by atoms with Crippen molar-refractivity contribution < 1.29 is 0 Å². The van der Waals surface area contributed by atoms with E-state index in [1.807, 2.05) is 0 Å². The summed E-state index contributed by atoms with van der Waals surface area (Å²) in [4.78, 5) is 0. The quantitative estimate of drug-likeness (QED) is 0.208. The molecule has 0 aromatic rings. The van der Waals surface area contributed by atoms with Gasteiger partial charge in [0.05, 0.1) is 0 Å². The molecule has 0 atom stereocenters. The molecule has 8 N–H and O–H groups in total. The molecule has 0 aromatic carbocycles. The van der Waals surface area contributed by atoms with Gasteiger partial charge < -0.3 is 5.73 Å². The van der Waals surface area contributed by atoms with Gasteiger partial charge in [0.1, 0.15) is 4.32 Å². The van der Waals surface area contributed by atoms with E-state index in [-0.39, 0.29) is 4.32 Å². The van der Waals surface area contributed by atoms with Crippen molar-refractivity contribution in [1.29, 1.82) is 0 Å². The monoisotopic (exact) mass is 212 g/mol. The second-order valence-electron chi connectivity index (χ2n) is 1.28. The lowest BCUT2D eigenvalue weighted by molar-refractivity contribution is 0.236. The predicted octanol–water partition coefficient (Wildman–Crippen LogP) is -1.69. The molecule has 6 nitrogen and oxygen atoms in total. The number of hydrogen-bond donors (Lipinski definition) is 5. The molecule has 0 bridgehead atoms. The van der Waals surface area contributed by atoms with E-state index in [1.54, 1.807) is 0 Å². The average Bonchev–Trinajstić information content (AvgIpc) is 1.88. The molecule has 0 heterocycles. The summed E-state index contributed by atoms with van der Waals surface area (Å²) < 4.78 is 0.494. The highest BCUT2D eigenvalue weighted by molar-refractivity contribution is 8.37. The molecule has 9 heteroatoms. The van der Waals surface area contributed by atoms with Crippen molar-refractivity contribution in [2.75, 3.05) is 0 Å². The minimum Gasteiger partial charge on any atom is -0.384 e. The average molecular weight is 212 g/mol. The first kappa shape index (κ1) is 11.0. The smallest absolute Gasteiger partial charge is 0.176 e. The number of hydrazine groups is 4. The molecule has 0 aliphatic carbocycles. The first-order valence-electron chi connectivity index (χ1n) is 2.35. The highest BCUT2D eigenvalue weighted by Crippen LogP contribution is 2.04. The zero-order chi connectivity index (χ0) is 8.85. The largest absolute Gasteiger partial charge is 0.384 e. The van der Waals surface area contributed by atoms with E-state index in [0.29, 0.717) is 4.32 Å². The molecular formula is C2H8N6S3. The van der Waals surface area contributed by atoms with Crippen molar-refractivity contribution in [3.63, 3.8) is 0 Å². The van der Waals surface area contributed by atoms with Crippen LogP contribution in [0.15, 0.2) is 0 Å². The predicted molar refractivity (Wildman–Crippen MR) is 53.5 cm³/mol. The summed E-state index contributed by atoms with van der Waals surface area (Å²) in [7, 11) is 0. The van der Waals surface area contributed by atoms with E-state index in [9.17, 15) is 0 Å². The zero-order valence-corrected chi connectivity index (χ0v) is 7.85. The molecule has 0 amide bonds. The Bertz CT molecular complexity index is 154. The third kappa shape index (κ3) is 4.42. The van der Waals surface area contributed by atoms with Crippen molar-refractivity contribution in [2.45, 2.75) is 0 Å². The second-order valence-corrected chi connectivity index (χ2v) is 3.65. The Hall–Kier alpha value is -0.0300. The molecule has 0 saturated heterocycles. The van der Waals surface area contributed by atoms with Crippen molar-refractivity contribution in [1.82, 2.24) is 16.2 Å². The lowest BCUT2D eigenvalue weighted by Crippen LogP contribution is -2.56. The van der Waals surface area contributed by atoms with Gasteiger partial charge >= 0.3 is 0 Å². The van der Waals surface area contributed by atoms with E-state index in [0.717, 1.165) is 16.9 Å². The maximum atomic E-state index is 5.18. The molecule has 0 rings (SSSR count). The molecule has 0 fully saturated rings. The van der Waals surface area contributed by atoms with E-state index < -0.39 is 0 Å². The van der Waals surface area contributed by atoms with Gasteiger partial charge in [0.15, 0.2) is 4.32 Å². The van der Waals surface area contributed by atoms with E-state index in [2.05, 4.69) is 23.3 Å². The Morgan fingerprint density at radius 1 is 1.27 bits per heavy atom. The van der Waals surface area contributed by atoms with E-state index in [4.69, 9.17) is 29.6 Å². The summed E-state index contributed by atoms with van der Waals surface area (Å²) in [6.45, 7) is 0. The topological polar surface area (TPSA) is 105 Å².